The summed E-state index contributed by atoms with van der Waals surface area (Å²) in [6.45, 7) is 2.25. The van der Waals surface area contributed by atoms with Crippen molar-refractivity contribution in [3.63, 3.8) is 0 Å². The molecule has 1 aliphatic rings. The highest BCUT2D eigenvalue weighted by molar-refractivity contribution is 5.82. The van der Waals surface area contributed by atoms with Gasteiger partial charge in [-0.2, -0.15) is 0 Å². The Hall–Kier alpha value is -1.55. The molecular formula is C13H18N2O2. The van der Waals surface area contributed by atoms with E-state index in [1.165, 1.54) is 5.56 Å². The van der Waals surface area contributed by atoms with Gasteiger partial charge in [-0.3, -0.25) is 10.6 Å². The molecule has 0 fully saturated rings. The van der Waals surface area contributed by atoms with Crippen LogP contribution in [0.4, 0.5) is 5.69 Å². The van der Waals surface area contributed by atoms with Crippen LogP contribution in [0.5, 0.6) is 0 Å². The number of carbonyl (C=O) groups is 1. The van der Waals surface area contributed by atoms with Crippen molar-refractivity contribution in [2.45, 2.75) is 32.1 Å². The quantitative estimate of drug-likeness (QED) is 0.476. The molecule has 1 unspecified atom stereocenters. The predicted octanol–water partition coefficient (Wildman–Crippen LogP) is 1.96. The van der Waals surface area contributed by atoms with E-state index in [1.807, 2.05) is 19.1 Å². The molecule has 3 N–H and O–H groups in total. The molecule has 0 spiro atoms. The molecule has 0 bridgehead atoms. The Kier molecular flexibility index (Phi) is 3.64. The van der Waals surface area contributed by atoms with Gasteiger partial charge in [-0.25, -0.2) is 0 Å². The van der Waals surface area contributed by atoms with Crippen LogP contribution >= 0.6 is 0 Å². The summed E-state index contributed by atoms with van der Waals surface area (Å²) in [4.78, 5) is 11.9. The number of ether oxygens (including phenoxy) is 1. The van der Waals surface area contributed by atoms with Crippen molar-refractivity contribution >= 4 is 11.7 Å². The maximum absolute atomic E-state index is 11.9. The molecule has 1 aliphatic carbocycles. The predicted molar refractivity (Wildman–Crippen MR) is 66.6 cm³/mol. The molecule has 0 radical (unpaired) electrons. The maximum atomic E-state index is 11.9. The van der Waals surface area contributed by atoms with Gasteiger partial charge in [0.15, 0.2) is 0 Å². The van der Waals surface area contributed by atoms with Gasteiger partial charge >= 0.3 is 5.97 Å². The summed E-state index contributed by atoms with van der Waals surface area (Å²) in [5, 5.41) is 0. The second kappa shape index (κ2) is 5.19. The maximum Gasteiger partial charge on any atom is 0.313 e. The van der Waals surface area contributed by atoms with Gasteiger partial charge in [0.1, 0.15) is 0 Å². The van der Waals surface area contributed by atoms with Crippen LogP contribution < -0.4 is 11.3 Å². The number of hydrazine groups is 1. The number of fused-ring (bicyclic) bond motifs is 1. The number of nitrogens with one attached hydrogen (secondary N) is 1. The smallest absolute Gasteiger partial charge is 0.313 e. The van der Waals surface area contributed by atoms with Gasteiger partial charge in [0, 0.05) is 0 Å². The van der Waals surface area contributed by atoms with E-state index in [0.717, 1.165) is 30.5 Å². The fourth-order valence-corrected chi connectivity index (χ4v) is 2.49. The Morgan fingerprint density at radius 3 is 3.12 bits per heavy atom. The van der Waals surface area contributed by atoms with E-state index in [1.54, 1.807) is 0 Å². The van der Waals surface area contributed by atoms with Gasteiger partial charge in [-0.05, 0) is 43.4 Å². The van der Waals surface area contributed by atoms with E-state index in [9.17, 15) is 4.79 Å². The topological polar surface area (TPSA) is 64.3 Å². The molecule has 0 amide bonds. The number of nitrogens with two attached hydrogens (primary N) is 1. The minimum absolute atomic E-state index is 0.142. The Balaban J connectivity index is 2.38. The highest BCUT2D eigenvalue weighted by Crippen LogP contribution is 2.37. The molecule has 92 valence electrons. The molecule has 17 heavy (non-hydrogen) atoms. The number of aryl methyl sites for hydroxylation is 1. The zero-order valence-corrected chi connectivity index (χ0v) is 10.0. The van der Waals surface area contributed by atoms with Gasteiger partial charge < -0.3 is 10.2 Å². The van der Waals surface area contributed by atoms with Crippen LogP contribution in [-0.2, 0) is 16.0 Å². The van der Waals surface area contributed by atoms with Crippen LogP contribution in [0.3, 0.4) is 0 Å². The number of nitrogen functional groups attached to an aromatic ring is 1. The van der Waals surface area contributed by atoms with Crippen molar-refractivity contribution in [1.29, 1.82) is 0 Å². The Morgan fingerprint density at radius 1 is 1.59 bits per heavy atom. The molecule has 2 rings (SSSR count). The molecule has 0 aromatic heterocycles. The van der Waals surface area contributed by atoms with Crippen LogP contribution in [0.2, 0.25) is 0 Å². The second-order valence-electron chi connectivity index (χ2n) is 4.22. The molecule has 0 aliphatic heterocycles. The van der Waals surface area contributed by atoms with E-state index in [2.05, 4.69) is 11.5 Å². The van der Waals surface area contributed by atoms with Crippen LogP contribution in [0, 0.1) is 0 Å². The first kappa shape index (κ1) is 11.9. The molecule has 0 heterocycles. The first-order valence-corrected chi connectivity index (χ1v) is 6.03. The van der Waals surface area contributed by atoms with Crippen molar-refractivity contribution in [2.75, 3.05) is 12.0 Å². The minimum atomic E-state index is -0.175. The minimum Gasteiger partial charge on any atom is -0.466 e. The number of hydrogen-bond acceptors (Lipinski definition) is 4. The third-order valence-electron chi connectivity index (χ3n) is 3.21. The molecule has 1 atom stereocenters. The Bertz CT molecular complexity index is 404. The Morgan fingerprint density at radius 2 is 2.41 bits per heavy atom. The lowest BCUT2D eigenvalue weighted by molar-refractivity contribution is -0.145. The summed E-state index contributed by atoms with van der Waals surface area (Å²) in [5.74, 6) is 5.19. The lowest BCUT2D eigenvalue weighted by atomic mass is 9.82. The number of rotatable bonds is 3. The van der Waals surface area contributed by atoms with Crippen molar-refractivity contribution in [3.8, 4) is 0 Å². The average Bonchev–Trinajstić information content (AvgIpc) is 2.37. The lowest BCUT2D eigenvalue weighted by Crippen LogP contribution is -2.23. The Labute approximate surface area is 101 Å². The molecule has 0 saturated heterocycles. The van der Waals surface area contributed by atoms with Crippen LogP contribution in [0.1, 0.15) is 36.8 Å². The monoisotopic (exact) mass is 234 g/mol. The number of esters is 1. The summed E-state index contributed by atoms with van der Waals surface area (Å²) < 4.78 is 5.13. The number of anilines is 1. The third kappa shape index (κ3) is 2.26. The molecule has 1 aromatic carbocycles. The molecule has 0 saturated carbocycles. The van der Waals surface area contributed by atoms with Gasteiger partial charge in [-0.1, -0.05) is 12.1 Å². The highest BCUT2D eigenvalue weighted by atomic mass is 16.5. The number of hydrogen-bond donors (Lipinski definition) is 2. The first-order chi connectivity index (χ1) is 8.27. The summed E-state index contributed by atoms with van der Waals surface area (Å²) in [6.07, 6.45) is 2.86. The summed E-state index contributed by atoms with van der Waals surface area (Å²) >= 11 is 0. The van der Waals surface area contributed by atoms with Gasteiger partial charge in [0.25, 0.3) is 0 Å². The van der Waals surface area contributed by atoms with Crippen LogP contribution in [0.25, 0.3) is 0 Å². The van der Waals surface area contributed by atoms with E-state index >= 15 is 0 Å². The second-order valence-corrected chi connectivity index (χ2v) is 4.22. The largest absolute Gasteiger partial charge is 0.466 e. The van der Waals surface area contributed by atoms with Crippen LogP contribution in [-0.4, -0.2) is 12.6 Å². The van der Waals surface area contributed by atoms with Gasteiger partial charge in [0.05, 0.1) is 18.2 Å². The first-order valence-electron chi connectivity index (χ1n) is 6.03. The van der Waals surface area contributed by atoms with Gasteiger partial charge in [0.2, 0.25) is 0 Å². The summed E-state index contributed by atoms with van der Waals surface area (Å²) in [5.41, 5.74) is 5.72. The third-order valence-corrected chi connectivity index (χ3v) is 3.21. The molecule has 4 heteroatoms. The zero-order chi connectivity index (χ0) is 12.3. The van der Waals surface area contributed by atoms with Crippen molar-refractivity contribution < 1.29 is 9.53 Å². The average molecular weight is 234 g/mol. The van der Waals surface area contributed by atoms with Crippen LogP contribution in [0.15, 0.2) is 18.2 Å². The fourth-order valence-electron chi connectivity index (χ4n) is 2.49. The highest BCUT2D eigenvalue weighted by Gasteiger charge is 2.29. The number of carbonyl (C=O) groups excluding carboxylic acids is 1. The summed E-state index contributed by atoms with van der Waals surface area (Å²) in [7, 11) is 0. The number of benzene rings is 1. The SMILES string of the molecule is CCOC(=O)C1CCCc2cccc(NN)c21. The van der Waals surface area contributed by atoms with Gasteiger partial charge in [-0.15, -0.1) is 0 Å². The van der Waals surface area contributed by atoms with Crippen molar-refractivity contribution in [3.05, 3.63) is 29.3 Å². The van der Waals surface area contributed by atoms with Crippen molar-refractivity contribution in [1.82, 2.24) is 0 Å². The zero-order valence-electron chi connectivity index (χ0n) is 10.0. The van der Waals surface area contributed by atoms with E-state index in [4.69, 9.17) is 10.6 Å². The fraction of sp³-hybridized carbons (Fsp3) is 0.462. The molecular weight excluding hydrogens is 216 g/mol. The normalized spacial score (nSPS) is 18.4. The lowest BCUT2D eigenvalue weighted by Gasteiger charge is -2.26. The summed E-state index contributed by atoms with van der Waals surface area (Å²) in [6, 6.07) is 5.92. The van der Waals surface area contributed by atoms with E-state index in [0.29, 0.717) is 6.61 Å². The molecule has 4 nitrogen and oxygen atoms in total. The van der Waals surface area contributed by atoms with E-state index < -0.39 is 0 Å². The van der Waals surface area contributed by atoms with E-state index in [-0.39, 0.29) is 11.9 Å². The standard InChI is InChI=1S/C13H18N2O2/c1-2-17-13(16)10-7-3-5-9-6-4-8-11(15-14)12(9)10/h4,6,8,10,15H,2-3,5,7,14H2,1H3. The molecule has 1 aromatic rings. The van der Waals surface area contributed by atoms with Crippen molar-refractivity contribution in [2.24, 2.45) is 5.84 Å².